The van der Waals surface area contributed by atoms with E-state index in [-0.39, 0.29) is 30.0 Å². The number of aliphatic carboxylic acids is 1. The van der Waals surface area contributed by atoms with E-state index in [1.807, 2.05) is 48.3 Å². The molecule has 0 radical (unpaired) electrons. The highest BCUT2D eigenvalue weighted by Gasteiger charge is 2.32. The van der Waals surface area contributed by atoms with Crippen molar-refractivity contribution >= 4 is 57.7 Å². The first-order chi connectivity index (χ1) is 16.3. The van der Waals surface area contributed by atoms with Crippen molar-refractivity contribution in [3.8, 4) is 0 Å². The van der Waals surface area contributed by atoms with Gasteiger partial charge >= 0.3 is 5.97 Å². The Morgan fingerprint density at radius 3 is 2.65 bits per heavy atom. The second-order valence-electron chi connectivity index (χ2n) is 7.76. The Labute approximate surface area is 205 Å². The Bertz CT molecular complexity index is 1350. The number of hydrogen-bond donors (Lipinski definition) is 1. The summed E-state index contributed by atoms with van der Waals surface area (Å²) in [7, 11) is 1.85. The fourth-order valence-electron chi connectivity index (χ4n) is 3.65. The lowest BCUT2D eigenvalue weighted by molar-refractivity contribution is -0.137. The fraction of sp³-hybridized carbons (Fsp3) is 0.208. The Hall–Kier alpha value is -3.50. The Morgan fingerprint density at radius 2 is 1.91 bits per heavy atom. The minimum atomic E-state index is -0.928. The predicted octanol–water partition coefficient (Wildman–Crippen LogP) is 3.40. The number of aromatic nitrogens is 2. The minimum absolute atomic E-state index is 0.0551. The van der Waals surface area contributed by atoms with Gasteiger partial charge < -0.3 is 10.0 Å². The Morgan fingerprint density at radius 1 is 1.18 bits per heavy atom. The van der Waals surface area contributed by atoms with Crippen molar-refractivity contribution in [1.29, 1.82) is 0 Å². The summed E-state index contributed by atoms with van der Waals surface area (Å²) in [5, 5.41) is 8.87. The molecule has 4 rings (SSSR count). The molecule has 0 aliphatic carbocycles. The number of thiocarbonyl (C=S) groups is 1. The van der Waals surface area contributed by atoms with Crippen molar-refractivity contribution in [1.82, 2.24) is 14.3 Å². The van der Waals surface area contributed by atoms with Gasteiger partial charge in [-0.2, -0.15) is 0 Å². The van der Waals surface area contributed by atoms with Gasteiger partial charge in [0, 0.05) is 32.8 Å². The largest absolute Gasteiger partial charge is 0.481 e. The van der Waals surface area contributed by atoms with Crippen molar-refractivity contribution in [2.75, 3.05) is 18.5 Å². The van der Waals surface area contributed by atoms with Crippen LogP contribution in [0.1, 0.15) is 24.0 Å². The van der Waals surface area contributed by atoms with E-state index in [1.54, 1.807) is 24.4 Å². The molecule has 10 heteroatoms. The zero-order valence-corrected chi connectivity index (χ0v) is 20.0. The Balaban J connectivity index is 1.73. The van der Waals surface area contributed by atoms with Crippen LogP contribution in [0, 0.1) is 0 Å². The van der Waals surface area contributed by atoms with Crippen LogP contribution in [0.4, 0.5) is 5.82 Å². The second-order valence-corrected chi connectivity index (χ2v) is 9.43. The number of anilines is 1. The quantitative estimate of drug-likeness (QED) is 0.376. The number of carbonyl (C=O) groups excluding carboxylic acids is 1. The lowest BCUT2D eigenvalue weighted by Gasteiger charge is -2.21. The highest BCUT2D eigenvalue weighted by Crippen LogP contribution is 2.33. The van der Waals surface area contributed by atoms with Crippen LogP contribution in [-0.4, -0.2) is 49.2 Å². The molecule has 8 nitrogen and oxygen atoms in total. The molecule has 1 N–H and O–H groups in total. The Kier molecular flexibility index (Phi) is 7.09. The van der Waals surface area contributed by atoms with Crippen LogP contribution in [0.15, 0.2) is 64.4 Å². The van der Waals surface area contributed by atoms with Crippen LogP contribution >= 0.6 is 24.0 Å². The number of fused-ring (bicyclic) bond motifs is 1. The summed E-state index contributed by atoms with van der Waals surface area (Å²) in [6.07, 6.45) is 3.42. The first-order valence-electron chi connectivity index (χ1n) is 10.6. The molecule has 1 amide bonds. The fourth-order valence-corrected chi connectivity index (χ4v) is 4.94. The molecule has 1 aliphatic heterocycles. The maximum atomic E-state index is 13.4. The SMILES string of the molecule is CN(Cc1ccccc1)c1nc2ccccn2c(=O)c1/C=C1\SC(=S)N(CCCC(=O)O)C1=O. The summed E-state index contributed by atoms with van der Waals surface area (Å²) in [6.45, 7) is 0.733. The van der Waals surface area contributed by atoms with Crippen molar-refractivity contribution in [2.24, 2.45) is 0 Å². The summed E-state index contributed by atoms with van der Waals surface area (Å²) in [5.41, 5.74) is 1.54. The van der Waals surface area contributed by atoms with Gasteiger partial charge in [0.1, 0.15) is 15.8 Å². The summed E-state index contributed by atoms with van der Waals surface area (Å²) < 4.78 is 1.79. The van der Waals surface area contributed by atoms with Crippen LogP contribution in [0.3, 0.4) is 0 Å². The van der Waals surface area contributed by atoms with Crippen LogP contribution in [0.25, 0.3) is 11.7 Å². The summed E-state index contributed by atoms with van der Waals surface area (Å²) >= 11 is 6.44. The summed E-state index contributed by atoms with van der Waals surface area (Å²) in [4.78, 5) is 45.5. The van der Waals surface area contributed by atoms with E-state index in [2.05, 4.69) is 0 Å². The van der Waals surface area contributed by atoms with E-state index in [4.69, 9.17) is 22.3 Å². The highest BCUT2D eigenvalue weighted by atomic mass is 32.2. The van der Waals surface area contributed by atoms with E-state index in [1.165, 1.54) is 9.30 Å². The zero-order valence-electron chi connectivity index (χ0n) is 18.4. The van der Waals surface area contributed by atoms with Crippen LogP contribution in [0.2, 0.25) is 0 Å². The van der Waals surface area contributed by atoms with Crippen molar-refractivity contribution in [2.45, 2.75) is 19.4 Å². The normalized spacial score (nSPS) is 14.9. The first-order valence-corrected chi connectivity index (χ1v) is 11.8. The molecule has 1 fully saturated rings. The molecule has 0 spiro atoms. The number of hydrogen-bond acceptors (Lipinski definition) is 7. The smallest absolute Gasteiger partial charge is 0.303 e. The molecule has 0 unspecified atom stereocenters. The average molecular weight is 495 g/mol. The van der Waals surface area contributed by atoms with Gasteiger partial charge in [0.2, 0.25) is 0 Å². The maximum Gasteiger partial charge on any atom is 0.303 e. The van der Waals surface area contributed by atoms with Crippen molar-refractivity contribution in [3.05, 3.63) is 81.1 Å². The van der Waals surface area contributed by atoms with Crippen LogP contribution < -0.4 is 10.5 Å². The average Bonchev–Trinajstić information content (AvgIpc) is 3.08. The minimum Gasteiger partial charge on any atom is -0.481 e. The van der Waals surface area contributed by atoms with Gasteiger partial charge in [0.25, 0.3) is 11.5 Å². The first kappa shape index (κ1) is 23.7. The molecule has 2 aromatic heterocycles. The van der Waals surface area contributed by atoms with Crippen molar-refractivity contribution < 1.29 is 14.7 Å². The van der Waals surface area contributed by atoms with E-state index < -0.39 is 5.97 Å². The molecule has 1 aromatic carbocycles. The number of amides is 1. The number of benzene rings is 1. The zero-order chi connectivity index (χ0) is 24.2. The van der Waals surface area contributed by atoms with Gasteiger partial charge in [-0.1, -0.05) is 60.4 Å². The van der Waals surface area contributed by atoms with E-state index in [0.29, 0.717) is 33.7 Å². The third-order valence-corrected chi connectivity index (χ3v) is 6.67. The summed E-state index contributed by atoms with van der Waals surface area (Å²) in [6, 6.07) is 15.1. The highest BCUT2D eigenvalue weighted by molar-refractivity contribution is 8.26. The van der Waals surface area contributed by atoms with Gasteiger partial charge in [0.15, 0.2) is 0 Å². The molecular weight excluding hydrogens is 472 g/mol. The molecular formula is C24H22N4O4S2. The van der Waals surface area contributed by atoms with E-state index in [0.717, 1.165) is 17.3 Å². The number of thioether (sulfide) groups is 1. The lowest BCUT2D eigenvalue weighted by atomic mass is 10.2. The maximum absolute atomic E-state index is 13.4. The second kappa shape index (κ2) is 10.2. The number of rotatable bonds is 8. The molecule has 1 saturated heterocycles. The molecule has 3 heterocycles. The number of carbonyl (C=O) groups is 2. The molecule has 1 aliphatic rings. The number of nitrogens with zero attached hydrogens (tertiary/aromatic N) is 4. The predicted molar refractivity (Wildman–Crippen MR) is 137 cm³/mol. The molecule has 34 heavy (non-hydrogen) atoms. The lowest BCUT2D eigenvalue weighted by Crippen LogP contribution is -2.29. The molecule has 0 bridgehead atoms. The molecule has 174 valence electrons. The number of carboxylic acid groups (broad SMARTS) is 1. The van der Waals surface area contributed by atoms with Gasteiger partial charge in [-0.25, -0.2) is 4.98 Å². The van der Waals surface area contributed by atoms with E-state index >= 15 is 0 Å². The summed E-state index contributed by atoms with van der Waals surface area (Å²) in [5.74, 6) is -0.812. The van der Waals surface area contributed by atoms with Crippen LogP contribution in [0.5, 0.6) is 0 Å². The molecule has 3 aromatic rings. The number of pyridine rings is 1. The van der Waals surface area contributed by atoms with Gasteiger partial charge in [-0.05, 0) is 30.2 Å². The van der Waals surface area contributed by atoms with E-state index in [9.17, 15) is 14.4 Å². The van der Waals surface area contributed by atoms with Gasteiger partial charge in [0.05, 0.1) is 10.5 Å². The third-order valence-electron chi connectivity index (χ3n) is 5.29. The molecule has 0 atom stereocenters. The monoisotopic (exact) mass is 494 g/mol. The topological polar surface area (TPSA) is 95.2 Å². The standard InChI is InChI=1S/C24H22N4O4S2/c1-26(15-16-8-3-2-4-9-16)21-17(22(31)27-12-6-5-10-19(27)25-21)14-18-23(32)28(24(33)34-18)13-7-11-20(29)30/h2-6,8-10,12,14H,7,11,13,15H2,1H3,(H,29,30)/b18-14-. The van der Waals surface area contributed by atoms with Gasteiger partial charge in [-0.3, -0.25) is 23.7 Å². The van der Waals surface area contributed by atoms with Crippen molar-refractivity contribution in [3.63, 3.8) is 0 Å². The number of carboxylic acids is 1. The third kappa shape index (κ3) is 5.02. The van der Waals surface area contributed by atoms with Crippen LogP contribution in [-0.2, 0) is 16.1 Å². The van der Waals surface area contributed by atoms with Gasteiger partial charge in [-0.15, -0.1) is 0 Å². The molecule has 0 saturated carbocycles.